The maximum absolute atomic E-state index is 11.4. The van der Waals surface area contributed by atoms with Crippen LogP contribution < -0.4 is 4.74 Å². The molecule has 0 spiro atoms. The summed E-state index contributed by atoms with van der Waals surface area (Å²) < 4.78 is 5.13. The van der Waals surface area contributed by atoms with Crippen molar-refractivity contribution in [3.8, 4) is 16.9 Å². The Labute approximate surface area is 110 Å². The molecule has 96 valence electrons. The number of hydrogen-bond acceptors (Lipinski definition) is 3. The van der Waals surface area contributed by atoms with Crippen LogP contribution in [0.1, 0.15) is 10.4 Å². The number of aliphatic carboxylic acids is 1. The molecule has 19 heavy (non-hydrogen) atoms. The second-order valence-electron chi connectivity index (χ2n) is 3.95. The minimum Gasteiger partial charge on any atom is -0.497 e. The lowest BCUT2D eigenvalue weighted by atomic mass is 10.0. The summed E-state index contributed by atoms with van der Waals surface area (Å²) >= 11 is 0. The maximum Gasteiger partial charge on any atom is 0.377 e. The summed E-state index contributed by atoms with van der Waals surface area (Å²) in [6.07, 6.45) is 0. The summed E-state index contributed by atoms with van der Waals surface area (Å²) in [5, 5.41) is 8.71. The first-order valence-electron chi connectivity index (χ1n) is 5.64. The number of methoxy groups -OCH3 is 1. The van der Waals surface area contributed by atoms with E-state index in [9.17, 15) is 9.59 Å². The zero-order valence-electron chi connectivity index (χ0n) is 10.3. The number of carbonyl (C=O) groups excluding carboxylic acids is 1. The molecule has 4 heteroatoms. The van der Waals surface area contributed by atoms with E-state index >= 15 is 0 Å². The van der Waals surface area contributed by atoms with Crippen molar-refractivity contribution in [1.29, 1.82) is 0 Å². The number of carboxylic acid groups (broad SMARTS) is 1. The Kier molecular flexibility index (Phi) is 3.61. The molecule has 0 saturated heterocycles. The largest absolute Gasteiger partial charge is 0.497 e. The van der Waals surface area contributed by atoms with Crippen molar-refractivity contribution in [3.63, 3.8) is 0 Å². The third-order valence-electron chi connectivity index (χ3n) is 2.72. The predicted molar refractivity (Wildman–Crippen MR) is 70.4 cm³/mol. The zero-order chi connectivity index (χ0) is 13.8. The second-order valence-corrected chi connectivity index (χ2v) is 3.95. The molecule has 0 bridgehead atoms. The molecule has 0 fully saturated rings. The van der Waals surface area contributed by atoms with E-state index in [-0.39, 0.29) is 5.56 Å². The Hall–Kier alpha value is -2.62. The molecule has 2 aromatic carbocycles. The molecule has 0 amide bonds. The quantitative estimate of drug-likeness (QED) is 0.674. The van der Waals surface area contributed by atoms with Crippen molar-refractivity contribution in [2.24, 2.45) is 0 Å². The van der Waals surface area contributed by atoms with Gasteiger partial charge in [0.25, 0.3) is 5.78 Å². The number of benzene rings is 2. The Morgan fingerprint density at radius 1 is 1.00 bits per heavy atom. The summed E-state index contributed by atoms with van der Waals surface area (Å²) in [6, 6.07) is 13.9. The van der Waals surface area contributed by atoms with Gasteiger partial charge in [-0.15, -0.1) is 0 Å². The first-order valence-corrected chi connectivity index (χ1v) is 5.64. The van der Waals surface area contributed by atoms with E-state index in [1.165, 1.54) is 6.07 Å². The molecule has 0 aliphatic carbocycles. The van der Waals surface area contributed by atoms with Crippen molar-refractivity contribution in [1.82, 2.24) is 0 Å². The molecule has 0 unspecified atom stereocenters. The van der Waals surface area contributed by atoms with Crippen LogP contribution in [0.15, 0.2) is 48.5 Å². The Bertz CT molecular complexity index is 632. The van der Waals surface area contributed by atoms with Crippen LogP contribution in [0.3, 0.4) is 0 Å². The normalized spacial score (nSPS) is 9.95. The first-order chi connectivity index (χ1) is 9.11. The number of Topliss-reactive ketones (excluding diaryl/α,β-unsaturated/α-hetero) is 1. The number of carboxylic acids is 1. The smallest absolute Gasteiger partial charge is 0.377 e. The van der Waals surface area contributed by atoms with Crippen molar-refractivity contribution in [2.45, 2.75) is 0 Å². The van der Waals surface area contributed by atoms with Crippen molar-refractivity contribution < 1.29 is 19.4 Å². The van der Waals surface area contributed by atoms with Crippen molar-refractivity contribution >= 4 is 11.8 Å². The molecule has 2 rings (SSSR count). The fourth-order valence-electron chi connectivity index (χ4n) is 1.77. The average Bonchev–Trinajstić information content (AvgIpc) is 2.46. The second kappa shape index (κ2) is 5.35. The highest BCUT2D eigenvalue weighted by atomic mass is 16.5. The van der Waals surface area contributed by atoms with E-state index in [4.69, 9.17) is 9.84 Å². The van der Waals surface area contributed by atoms with Gasteiger partial charge in [-0.2, -0.15) is 0 Å². The molecule has 0 aromatic heterocycles. The highest BCUT2D eigenvalue weighted by Gasteiger charge is 2.14. The van der Waals surface area contributed by atoms with Crippen molar-refractivity contribution in [2.75, 3.05) is 7.11 Å². The molecule has 0 saturated carbocycles. The lowest BCUT2D eigenvalue weighted by molar-refractivity contribution is -0.131. The number of ketones is 1. The van der Waals surface area contributed by atoms with Gasteiger partial charge in [-0.25, -0.2) is 4.79 Å². The van der Waals surface area contributed by atoms with Gasteiger partial charge in [-0.1, -0.05) is 30.3 Å². The van der Waals surface area contributed by atoms with Gasteiger partial charge in [0.1, 0.15) is 5.75 Å². The van der Waals surface area contributed by atoms with E-state index in [2.05, 4.69) is 0 Å². The molecule has 0 radical (unpaired) electrons. The average molecular weight is 256 g/mol. The van der Waals surface area contributed by atoms with Crippen molar-refractivity contribution in [3.05, 3.63) is 54.1 Å². The highest BCUT2D eigenvalue weighted by molar-refractivity contribution is 6.39. The van der Waals surface area contributed by atoms with Crippen LogP contribution in [0.5, 0.6) is 5.75 Å². The van der Waals surface area contributed by atoms with E-state index in [1.54, 1.807) is 19.2 Å². The van der Waals surface area contributed by atoms with Gasteiger partial charge in [0.2, 0.25) is 0 Å². The topological polar surface area (TPSA) is 63.6 Å². The fraction of sp³-hybridized carbons (Fsp3) is 0.0667. The molecule has 2 aromatic rings. The van der Waals surface area contributed by atoms with Crippen LogP contribution in [0, 0.1) is 0 Å². The standard InChI is InChI=1S/C15H12O4/c1-19-13-7-3-5-11(9-13)10-4-2-6-12(8-10)14(16)15(17)18/h2-9H,1H3,(H,17,18). The van der Waals surface area contributed by atoms with Gasteiger partial charge in [0.15, 0.2) is 0 Å². The third kappa shape index (κ3) is 2.80. The third-order valence-corrected chi connectivity index (χ3v) is 2.72. The SMILES string of the molecule is COc1cccc(-c2cccc(C(=O)C(=O)O)c2)c1. The van der Waals surface area contributed by atoms with Crippen LogP contribution in [0.4, 0.5) is 0 Å². The lowest BCUT2D eigenvalue weighted by Gasteiger charge is -2.06. The molecular weight excluding hydrogens is 244 g/mol. The summed E-state index contributed by atoms with van der Waals surface area (Å²) in [4.78, 5) is 22.1. The molecule has 0 atom stereocenters. The molecule has 0 aliphatic heterocycles. The monoisotopic (exact) mass is 256 g/mol. The van der Waals surface area contributed by atoms with E-state index in [1.807, 2.05) is 30.3 Å². The number of ether oxygens (including phenoxy) is 1. The number of carbonyl (C=O) groups is 2. The molecule has 0 heterocycles. The van der Waals surface area contributed by atoms with Gasteiger partial charge in [0, 0.05) is 5.56 Å². The first kappa shape index (κ1) is 12.8. The maximum atomic E-state index is 11.4. The van der Waals surface area contributed by atoms with E-state index < -0.39 is 11.8 Å². The lowest BCUT2D eigenvalue weighted by Crippen LogP contribution is -2.12. The predicted octanol–water partition coefficient (Wildman–Crippen LogP) is 2.63. The van der Waals surface area contributed by atoms with Crippen LogP contribution in [0.2, 0.25) is 0 Å². The van der Waals surface area contributed by atoms with Crippen LogP contribution in [-0.2, 0) is 4.79 Å². The minimum atomic E-state index is -1.46. The van der Waals surface area contributed by atoms with Gasteiger partial charge in [-0.3, -0.25) is 4.79 Å². The van der Waals surface area contributed by atoms with Gasteiger partial charge >= 0.3 is 5.97 Å². The van der Waals surface area contributed by atoms with Crippen LogP contribution in [0.25, 0.3) is 11.1 Å². The summed E-state index contributed by atoms with van der Waals surface area (Å²) in [5.41, 5.74) is 1.79. The molecule has 1 N–H and O–H groups in total. The Balaban J connectivity index is 2.43. The van der Waals surface area contributed by atoms with Crippen LogP contribution in [-0.4, -0.2) is 24.0 Å². The molecule has 0 aliphatic rings. The molecule has 4 nitrogen and oxygen atoms in total. The summed E-state index contributed by atoms with van der Waals surface area (Å²) in [6.45, 7) is 0. The zero-order valence-corrected chi connectivity index (χ0v) is 10.3. The van der Waals surface area contributed by atoms with E-state index in [0.29, 0.717) is 5.75 Å². The van der Waals surface area contributed by atoms with Gasteiger partial charge < -0.3 is 9.84 Å². The fourth-order valence-corrected chi connectivity index (χ4v) is 1.77. The number of rotatable bonds is 4. The summed E-state index contributed by atoms with van der Waals surface area (Å²) in [5.74, 6) is -1.67. The summed E-state index contributed by atoms with van der Waals surface area (Å²) in [7, 11) is 1.57. The molecular formula is C15H12O4. The van der Waals surface area contributed by atoms with Crippen LogP contribution >= 0.6 is 0 Å². The number of hydrogen-bond donors (Lipinski definition) is 1. The van der Waals surface area contributed by atoms with E-state index in [0.717, 1.165) is 11.1 Å². The highest BCUT2D eigenvalue weighted by Crippen LogP contribution is 2.24. The Morgan fingerprint density at radius 3 is 2.26 bits per heavy atom. The van der Waals surface area contributed by atoms with Gasteiger partial charge in [-0.05, 0) is 29.3 Å². The Morgan fingerprint density at radius 2 is 1.63 bits per heavy atom. The van der Waals surface area contributed by atoms with Gasteiger partial charge in [0.05, 0.1) is 7.11 Å². The minimum absolute atomic E-state index is 0.160.